The van der Waals surface area contributed by atoms with Gasteiger partial charge in [-0.05, 0) is 47.8 Å². The molecule has 170 valence electrons. The number of nitrogens with one attached hydrogen (secondary N) is 2. The second-order valence-corrected chi connectivity index (χ2v) is 9.63. The first-order valence-electron chi connectivity index (χ1n) is 10.0. The fourth-order valence-electron chi connectivity index (χ4n) is 3.42. The minimum atomic E-state index is -4.37. The summed E-state index contributed by atoms with van der Waals surface area (Å²) in [7, 11) is -2.60. The first-order valence-corrected chi connectivity index (χ1v) is 11.5. The van der Waals surface area contributed by atoms with Crippen molar-refractivity contribution in [2.75, 3.05) is 19.0 Å². The summed E-state index contributed by atoms with van der Waals surface area (Å²) >= 11 is 0. The van der Waals surface area contributed by atoms with E-state index in [1.54, 1.807) is 7.05 Å². The third kappa shape index (κ3) is 5.63. The average molecular weight is 476 g/mol. The molecule has 32 heavy (non-hydrogen) atoms. The summed E-state index contributed by atoms with van der Waals surface area (Å²) in [6.45, 7) is 8.13. The number of carbonyl (C=O) groups excluding carboxylic acids is 1. The van der Waals surface area contributed by atoms with Crippen molar-refractivity contribution in [2.24, 2.45) is 0 Å². The molecule has 2 N–H and O–H groups in total. The van der Waals surface area contributed by atoms with Gasteiger partial charge in [0.1, 0.15) is 12.4 Å². The second kappa shape index (κ2) is 10.5. The molecule has 2 amide bonds. The molecule has 0 saturated carbocycles. The Morgan fingerprint density at radius 3 is 2.38 bits per heavy atom. The number of likely N-dealkylation sites (N-methyl/N-ethyl adjacent to an activating group) is 1. The largest absolute Gasteiger partial charge is 1.00 e. The van der Waals surface area contributed by atoms with Gasteiger partial charge in [-0.15, -0.1) is 0 Å². The zero-order valence-corrected chi connectivity index (χ0v) is 22.0. The van der Waals surface area contributed by atoms with Crippen LogP contribution in [0.5, 0.6) is 5.88 Å². The van der Waals surface area contributed by atoms with Crippen LogP contribution in [0.1, 0.15) is 50.7 Å². The molecule has 3 rings (SSSR count). The van der Waals surface area contributed by atoms with Gasteiger partial charge in [-0.1, -0.05) is 27.7 Å². The molecular formula is C20H27FN5NaO4S. The number of fused-ring (bicyclic) bond motifs is 1. The number of rotatable bonds is 6. The van der Waals surface area contributed by atoms with Crippen molar-refractivity contribution in [2.45, 2.75) is 57.0 Å². The van der Waals surface area contributed by atoms with Crippen molar-refractivity contribution in [3.05, 3.63) is 40.0 Å². The van der Waals surface area contributed by atoms with Gasteiger partial charge in [0.15, 0.2) is 10.9 Å². The number of halogens is 1. The van der Waals surface area contributed by atoms with Gasteiger partial charge in [0, 0.05) is 0 Å². The van der Waals surface area contributed by atoms with Crippen LogP contribution in [-0.2, 0) is 16.6 Å². The molecule has 1 aromatic heterocycles. The number of hydrogen-bond acceptors (Lipinski definition) is 6. The molecule has 2 heterocycles. The number of sulfonamides is 1. The summed E-state index contributed by atoms with van der Waals surface area (Å²) in [6.07, 6.45) is 1.12. The molecule has 0 bridgehead atoms. The fourth-order valence-corrected chi connectivity index (χ4v) is 4.35. The van der Waals surface area contributed by atoms with Crippen LogP contribution in [-0.4, -0.2) is 43.9 Å². The van der Waals surface area contributed by atoms with E-state index in [4.69, 9.17) is 4.74 Å². The van der Waals surface area contributed by atoms with Crippen LogP contribution in [0.15, 0.2) is 23.2 Å². The van der Waals surface area contributed by atoms with E-state index in [9.17, 15) is 17.6 Å². The second-order valence-electron chi connectivity index (χ2n) is 8.06. The minimum Gasteiger partial charge on any atom is -0.475 e. The van der Waals surface area contributed by atoms with Crippen LogP contribution in [0.3, 0.4) is 0 Å². The third-order valence-corrected chi connectivity index (χ3v) is 6.35. The van der Waals surface area contributed by atoms with Crippen LogP contribution in [0.2, 0.25) is 0 Å². The Morgan fingerprint density at radius 1 is 1.25 bits per heavy atom. The summed E-state index contributed by atoms with van der Waals surface area (Å²) in [5.74, 6) is -0.568. The number of ether oxygens (including phenoxy) is 1. The van der Waals surface area contributed by atoms with Crippen molar-refractivity contribution >= 4 is 21.7 Å². The van der Waals surface area contributed by atoms with Gasteiger partial charge < -0.3 is 20.1 Å². The Balaban J connectivity index is 0.00000363. The first-order chi connectivity index (χ1) is 14.5. The number of nitrogens with zero attached hydrogens (tertiary/aromatic N) is 3. The summed E-state index contributed by atoms with van der Waals surface area (Å²) in [5.41, 5.74) is 1.50. The van der Waals surface area contributed by atoms with Crippen LogP contribution in [0.25, 0.3) is 4.72 Å². The first kappa shape index (κ1) is 26.6. The molecular weight excluding hydrogens is 448 g/mol. The third-order valence-electron chi connectivity index (χ3n) is 5.10. The Labute approximate surface area is 209 Å². The van der Waals surface area contributed by atoms with Gasteiger partial charge in [-0.25, -0.2) is 17.5 Å². The van der Waals surface area contributed by atoms with Crippen molar-refractivity contribution < 1.29 is 51.9 Å². The zero-order valence-electron chi connectivity index (χ0n) is 19.1. The average Bonchev–Trinajstić information content (AvgIpc) is 3.12. The SMILES string of the molecule is CN[C@H]1COc2c(S(=O)(=O)[N-]C(=O)Nc3c(C(C)C)cc(F)cc3C(C)C)cnn2C1.[Na+]. The van der Waals surface area contributed by atoms with Crippen molar-refractivity contribution in [1.82, 2.24) is 15.1 Å². The minimum absolute atomic E-state index is 0. The van der Waals surface area contributed by atoms with E-state index in [0.29, 0.717) is 23.4 Å². The van der Waals surface area contributed by atoms with E-state index in [1.165, 1.54) is 16.8 Å². The molecule has 0 unspecified atom stereocenters. The molecule has 9 nitrogen and oxygen atoms in total. The van der Waals surface area contributed by atoms with E-state index >= 15 is 0 Å². The van der Waals surface area contributed by atoms with Gasteiger partial charge in [0.05, 0.1) is 18.8 Å². The quantitative estimate of drug-likeness (QED) is 0.590. The van der Waals surface area contributed by atoms with Crippen molar-refractivity contribution in [3.8, 4) is 5.88 Å². The summed E-state index contributed by atoms with van der Waals surface area (Å²) < 4.78 is 50.0. The zero-order chi connectivity index (χ0) is 22.9. The molecule has 0 saturated heterocycles. The molecule has 1 aliphatic rings. The number of amides is 2. The maximum absolute atomic E-state index is 14.1. The fraction of sp³-hybridized carbons (Fsp3) is 0.500. The number of benzene rings is 1. The van der Waals surface area contributed by atoms with Crippen molar-refractivity contribution in [3.63, 3.8) is 0 Å². The Bertz CT molecular complexity index is 1060. The number of hydrogen-bond donors (Lipinski definition) is 2. The van der Waals surface area contributed by atoms with E-state index in [0.717, 1.165) is 6.20 Å². The number of carbonyl (C=O) groups is 1. The molecule has 0 spiro atoms. The summed E-state index contributed by atoms with van der Waals surface area (Å²) in [5, 5.41) is 9.63. The molecule has 1 aliphatic heterocycles. The number of anilines is 1. The predicted molar refractivity (Wildman–Crippen MR) is 115 cm³/mol. The van der Waals surface area contributed by atoms with Gasteiger partial charge in [-0.3, -0.25) is 4.79 Å². The number of aromatic nitrogens is 2. The molecule has 0 fully saturated rings. The van der Waals surface area contributed by atoms with E-state index < -0.39 is 21.9 Å². The van der Waals surface area contributed by atoms with E-state index in [-0.39, 0.29) is 64.8 Å². The monoisotopic (exact) mass is 475 g/mol. The van der Waals surface area contributed by atoms with Gasteiger partial charge >= 0.3 is 29.6 Å². The van der Waals surface area contributed by atoms with E-state index in [2.05, 4.69) is 20.5 Å². The van der Waals surface area contributed by atoms with Gasteiger partial charge in [0.25, 0.3) is 0 Å². The topological polar surface area (TPSA) is 116 Å². The Morgan fingerprint density at radius 2 is 1.84 bits per heavy atom. The summed E-state index contributed by atoms with van der Waals surface area (Å²) in [6, 6.07) is 1.59. The van der Waals surface area contributed by atoms with Gasteiger partial charge in [0.2, 0.25) is 15.9 Å². The molecule has 1 atom stereocenters. The van der Waals surface area contributed by atoms with Gasteiger partial charge in [-0.2, -0.15) is 5.10 Å². The molecule has 0 aliphatic carbocycles. The maximum atomic E-state index is 14.1. The standard InChI is InChI=1S/C20H28FN5O4S.Na/c1-11(2)15-6-13(21)7-16(12(3)4)18(15)24-20(27)25-31(28,29)17-8-23-26-9-14(22-5)10-30-19(17)26;/h6-8,11-12,14,22H,9-10H2,1-5H3,(H2,24,25,27);/q;+1/p-1/t14-;/m1./s1. The van der Waals surface area contributed by atoms with E-state index in [1.807, 2.05) is 27.7 Å². The number of urea groups is 1. The Kier molecular flexibility index (Phi) is 8.74. The molecule has 0 radical (unpaired) electrons. The predicted octanol–water partition coefficient (Wildman–Crippen LogP) is 0.548. The molecule has 1 aromatic carbocycles. The van der Waals surface area contributed by atoms with Crippen LogP contribution < -0.4 is 44.9 Å². The van der Waals surface area contributed by atoms with Crippen molar-refractivity contribution in [1.29, 1.82) is 0 Å². The van der Waals surface area contributed by atoms with Crippen LogP contribution in [0, 0.1) is 5.82 Å². The van der Waals surface area contributed by atoms with Crippen LogP contribution >= 0.6 is 0 Å². The molecule has 2 aromatic rings. The normalized spacial score (nSPS) is 15.7. The van der Waals surface area contributed by atoms with Crippen LogP contribution in [0.4, 0.5) is 14.9 Å². The molecule has 12 heteroatoms. The maximum Gasteiger partial charge on any atom is 1.00 e. The smallest absolute Gasteiger partial charge is 0.475 e. The summed E-state index contributed by atoms with van der Waals surface area (Å²) in [4.78, 5) is 12.3. The Hall–Kier alpha value is -1.66.